The molecule has 79 heavy (non-hydrogen) atoms. The van der Waals surface area contributed by atoms with Crippen LogP contribution >= 0.6 is 0 Å². The van der Waals surface area contributed by atoms with Gasteiger partial charge in [-0.2, -0.15) is 0 Å². The number of hydrogen-bond donors (Lipinski definition) is 10. The van der Waals surface area contributed by atoms with Crippen molar-refractivity contribution in [2.45, 2.75) is 136 Å². The molecule has 23 nitrogen and oxygen atoms in total. The predicted octanol–water partition coefficient (Wildman–Crippen LogP) is 0.141. The zero-order valence-electron chi connectivity index (χ0n) is 46.8. The van der Waals surface area contributed by atoms with E-state index in [9.17, 15) is 57.8 Å². The molecule has 1 heterocycles. The van der Waals surface area contributed by atoms with Crippen LogP contribution in [0.3, 0.4) is 0 Å². The number of aliphatic hydroxyl groups is 1. The van der Waals surface area contributed by atoms with E-state index in [-0.39, 0.29) is 25.4 Å². The molecule has 9 atom stereocenters. The molecule has 2 aromatic rings. The van der Waals surface area contributed by atoms with E-state index < -0.39 is 151 Å². The van der Waals surface area contributed by atoms with Gasteiger partial charge in [-0.15, -0.1) is 0 Å². The number of hydrogen-bond acceptors (Lipinski definition) is 13. The zero-order chi connectivity index (χ0) is 59.1. The van der Waals surface area contributed by atoms with E-state index in [0.717, 1.165) is 11.0 Å². The highest BCUT2D eigenvalue weighted by Crippen LogP contribution is 2.18. The van der Waals surface area contributed by atoms with E-state index in [1.54, 1.807) is 116 Å². The first-order chi connectivity index (χ1) is 37.3. The standard InChI is InChI=1S/C56H80N10O13/c1-11-34(8)48-55(77)66(10)41(27-36-18-13-12-14-19-36)51(73)64-46(32(4)5)52(74)59-29-44(70)58-30-45(71)63-47(33(6)7)53(75)61-40(26-31(2)3)56(78)79-35(9)49(54(76)60-39(28-42(57)68)50(72)65-48)62-43(69)24-23-38-21-16-15-20-37(38)22-17-25-67/h12-24,31-35,39-41,46-49,67H,11,25-30H2,1-10H3,(H2,57,68)(H,58,70)(H,59,74)(H,60,76)(H,61,75)(H,62,69)(H,63,71)(H,64,73)(H,65,72)/b22-17+,24-23+/t34-,35-,39-,40+,41+,46-,47-,48+,49-/m1/s1. The summed E-state index contributed by atoms with van der Waals surface area (Å²) in [6.07, 6.45) is 3.48. The Morgan fingerprint density at radius 1 is 0.709 bits per heavy atom. The molecule has 2 aromatic carbocycles. The lowest BCUT2D eigenvalue weighted by Gasteiger charge is -2.35. The third-order valence-corrected chi connectivity index (χ3v) is 13.1. The van der Waals surface area contributed by atoms with Crippen LogP contribution < -0.4 is 48.3 Å². The maximum absolute atomic E-state index is 14.8. The molecule has 0 saturated carbocycles. The van der Waals surface area contributed by atoms with Gasteiger partial charge in [0.2, 0.25) is 59.1 Å². The Balaban J connectivity index is 2.22. The van der Waals surface area contributed by atoms with Gasteiger partial charge in [0.15, 0.2) is 0 Å². The van der Waals surface area contributed by atoms with Gasteiger partial charge in [0.05, 0.1) is 26.1 Å². The number of primary amides is 1. The smallest absolute Gasteiger partial charge is 0.328 e. The molecule has 0 unspecified atom stereocenters. The highest BCUT2D eigenvalue weighted by molar-refractivity contribution is 6.00. The second-order valence-corrected chi connectivity index (χ2v) is 20.6. The van der Waals surface area contributed by atoms with Gasteiger partial charge in [-0.25, -0.2) is 4.79 Å². The van der Waals surface area contributed by atoms with Crippen molar-refractivity contribution in [1.82, 2.24) is 47.4 Å². The number of cyclic esters (lactones) is 1. The fourth-order valence-corrected chi connectivity index (χ4v) is 8.32. The second kappa shape index (κ2) is 32.1. The maximum Gasteiger partial charge on any atom is 0.328 e. The van der Waals surface area contributed by atoms with Crippen LogP contribution in [0.5, 0.6) is 0 Å². The van der Waals surface area contributed by atoms with Crippen LogP contribution in [-0.2, 0) is 63.9 Å². The SMILES string of the molecule is CC[C@@H](C)[C@@H]1NC(=O)[C@@H](CC(N)=O)NC(=O)[C@H](NC(=O)/C=C/c2ccccc2/C=C/CO)[C@@H](C)OC(=O)[C@H](CC(C)C)NC(=O)[C@@H](C(C)C)NC(=O)CNC(=O)CNC(=O)[C@@H](C(C)C)NC(=O)[C@H](Cc2ccccc2)N(C)C1=O. The van der Waals surface area contributed by atoms with Crippen LogP contribution in [0.1, 0.15) is 98.3 Å². The lowest BCUT2D eigenvalue weighted by Crippen LogP contribution is -2.62. The first-order valence-electron chi connectivity index (χ1n) is 26.5. The molecule has 0 spiro atoms. The normalized spacial score (nSPS) is 23.9. The Kier molecular flexibility index (Phi) is 26.5. The van der Waals surface area contributed by atoms with Crippen LogP contribution in [-0.4, -0.2) is 150 Å². The van der Waals surface area contributed by atoms with E-state index in [2.05, 4.69) is 42.5 Å². The number of aliphatic hydroxyl groups excluding tert-OH is 1. The Morgan fingerprint density at radius 3 is 1.86 bits per heavy atom. The quantitative estimate of drug-likeness (QED) is 0.0840. The summed E-state index contributed by atoms with van der Waals surface area (Å²) in [6, 6.07) is 5.32. The number of nitrogens with one attached hydrogen (secondary N) is 8. The van der Waals surface area contributed by atoms with Gasteiger partial charge in [0.1, 0.15) is 48.4 Å². The van der Waals surface area contributed by atoms with Crippen LogP contribution in [0.2, 0.25) is 0 Å². The number of nitrogens with two attached hydrogens (primary N) is 1. The van der Waals surface area contributed by atoms with E-state index in [1.165, 1.54) is 26.1 Å². The minimum Gasteiger partial charge on any atom is -0.458 e. The Labute approximate surface area is 461 Å². The second-order valence-electron chi connectivity index (χ2n) is 20.6. The Morgan fingerprint density at radius 2 is 1.28 bits per heavy atom. The van der Waals surface area contributed by atoms with Crippen LogP contribution in [0.4, 0.5) is 0 Å². The van der Waals surface area contributed by atoms with Gasteiger partial charge < -0.3 is 63.0 Å². The zero-order valence-corrected chi connectivity index (χ0v) is 46.8. The summed E-state index contributed by atoms with van der Waals surface area (Å²) in [5, 5.41) is 29.7. The van der Waals surface area contributed by atoms with Crippen molar-refractivity contribution in [1.29, 1.82) is 0 Å². The fraction of sp³-hybridized carbons (Fsp3) is 0.518. The van der Waals surface area contributed by atoms with E-state index in [4.69, 9.17) is 10.5 Å². The summed E-state index contributed by atoms with van der Waals surface area (Å²) in [4.78, 5) is 154. The number of esters is 1. The molecule has 0 bridgehead atoms. The third kappa shape index (κ3) is 21.1. The fourth-order valence-electron chi connectivity index (χ4n) is 8.32. The molecule has 0 radical (unpaired) electrons. The molecule has 10 amide bonds. The Hall–Kier alpha value is -7.95. The van der Waals surface area contributed by atoms with Crippen molar-refractivity contribution in [3.05, 3.63) is 83.4 Å². The van der Waals surface area contributed by atoms with E-state index in [0.29, 0.717) is 23.1 Å². The van der Waals surface area contributed by atoms with Crippen molar-refractivity contribution < 1.29 is 62.6 Å². The number of benzene rings is 2. The molecule has 1 aliphatic rings. The average molecular weight is 1100 g/mol. The lowest BCUT2D eigenvalue weighted by atomic mass is 9.95. The number of likely N-dealkylation sites (N-methyl/N-ethyl adjacent to an activating group) is 1. The first-order valence-corrected chi connectivity index (χ1v) is 26.5. The van der Waals surface area contributed by atoms with Gasteiger partial charge in [0.25, 0.3) is 0 Å². The summed E-state index contributed by atoms with van der Waals surface area (Å²) in [5.41, 5.74) is 7.43. The highest BCUT2D eigenvalue weighted by Gasteiger charge is 2.40. The van der Waals surface area contributed by atoms with Crippen LogP contribution in [0.15, 0.2) is 66.7 Å². The average Bonchev–Trinajstić information content (AvgIpc) is 3.41. The number of carbonyl (C=O) groups is 11. The summed E-state index contributed by atoms with van der Waals surface area (Å²) in [7, 11) is 1.35. The van der Waals surface area contributed by atoms with Gasteiger partial charge in [-0.3, -0.25) is 47.9 Å². The van der Waals surface area contributed by atoms with Gasteiger partial charge in [0, 0.05) is 19.5 Å². The Bertz CT molecular complexity index is 2530. The van der Waals surface area contributed by atoms with Gasteiger partial charge in [-0.1, -0.05) is 129 Å². The topological polar surface area (TPSA) is 343 Å². The van der Waals surface area contributed by atoms with Crippen molar-refractivity contribution >= 4 is 77.2 Å². The van der Waals surface area contributed by atoms with Crippen LogP contribution in [0.25, 0.3) is 12.2 Å². The van der Waals surface area contributed by atoms with Gasteiger partial charge in [-0.05, 0) is 59.8 Å². The number of ether oxygens (including phenoxy) is 1. The van der Waals surface area contributed by atoms with Gasteiger partial charge >= 0.3 is 5.97 Å². The minimum atomic E-state index is -1.82. The third-order valence-electron chi connectivity index (χ3n) is 13.1. The number of rotatable bonds is 15. The van der Waals surface area contributed by atoms with E-state index in [1.807, 2.05) is 0 Å². The van der Waals surface area contributed by atoms with E-state index >= 15 is 0 Å². The molecule has 11 N–H and O–H groups in total. The molecule has 3 rings (SSSR count). The minimum absolute atomic E-state index is 0.00556. The summed E-state index contributed by atoms with van der Waals surface area (Å²) in [5.74, 6) is -11.9. The first kappa shape index (κ1) is 65.3. The summed E-state index contributed by atoms with van der Waals surface area (Å²) < 4.78 is 5.82. The van der Waals surface area contributed by atoms with Crippen LogP contribution in [0, 0.1) is 23.7 Å². The number of nitrogens with zero attached hydrogens (tertiary/aromatic N) is 1. The monoisotopic (exact) mass is 1100 g/mol. The molecule has 1 fully saturated rings. The molecule has 1 aliphatic heterocycles. The highest BCUT2D eigenvalue weighted by atomic mass is 16.5. The molecule has 23 heteroatoms. The molecular formula is C56H80N10O13. The largest absolute Gasteiger partial charge is 0.458 e. The number of carbonyl (C=O) groups excluding carboxylic acids is 11. The molecule has 432 valence electrons. The lowest BCUT2D eigenvalue weighted by molar-refractivity contribution is -0.156. The molecule has 1 saturated heterocycles. The van der Waals surface area contributed by atoms with Crippen molar-refractivity contribution in [2.75, 3.05) is 26.7 Å². The molecule has 0 aliphatic carbocycles. The van der Waals surface area contributed by atoms with Crippen molar-refractivity contribution in [2.24, 2.45) is 29.4 Å². The maximum atomic E-state index is 14.8. The van der Waals surface area contributed by atoms with Crippen molar-refractivity contribution in [3.8, 4) is 0 Å². The van der Waals surface area contributed by atoms with Crippen molar-refractivity contribution in [3.63, 3.8) is 0 Å². The number of amides is 10. The predicted molar refractivity (Wildman–Crippen MR) is 294 cm³/mol. The summed E-state index contributed by atoms with van der Waals surface area (Å²) >= 11 is 0. The molecule has 0 aromatic heterocycles. The summed E-state index contributed by atoms with van der Waals surface area (Å²) in [6.45, 7) is 13.3. The molecular weight excluding hydrogens is 1020 g/mol.